The Kier molecular flexibility index (Phi) is 4.20. The molecule has 0 N–H and O–H groups in total. The number of hydrogen-bond acceptors (Lipinski definition) is 5. The van der Waals surface area contributed by atoms with Crippen LogP contribution in [-0.2, 0) is 20.7 Å². The number of ether oxygens (including phenoxy) is 2. The van der Waals surface area contributed by atoms with Crippen LogP contribution in [0.2, 0.25) is 0 Å². The van der Waals surface area contributed by atoms with E-state index < -0.39 is 12.0 Å². The number of rotatable bonds is 2. The van der Waals surface area contributed by atoms with Gasteiger partial charge in [-0.15, -0.1) is 0 Å². The van der Waals surface area contributed by atoms with Crippen molar-refractivity contribution in [3.8, 4) is 0 Å². The molecule has 5 atom stereocenters. The van der Waals surface area contributed by atoms with Gasteiger partial charge in [-0.3, -0.25) is 9.69 Å². The van der Waals surface area contributed by atoms with E-state index in [1.54, 1.807) is 12.1 Å². The topological polar surface area (TPSA) is 55.8 Å². The van der Waals surface area contributed by atoms with Crippen molar-refractivity contribution in [2.45, 2.75) is 44.1 Å². The molecule has 0 radical (unpaired) electrons. The van der Waals surface area contributed by atoms with Crippen LogP contribution in [0.25, 0.3) is 0 Å². The van der Waals surface area contributed by atoms with Gasteiger partial charge in [0, 0.05) is 19.0 Å². The molecule has 0 aliphatic carbocycles. The molecule has 0 bridgehead atoms. The molecule has 3 heterocycles. The first-order valence-corrected chi connectivity index (χ1v) is 9.93. The summed E-state index contributed by atoms with van der Waals surface area (Å²) in [6, 6.07) is 17.5. The maximum Gasteiger partial charge on any atom is 0.338 e. The Labute approximate surface area is 164 Å². The molecule has 2 saturated heterocycles. The molecule has 5 heteroatoms. The summed E-state index contributed by atoms with van der Waals surface area (Å²) in [6.45, 7) is 2.84. The molecular weight excluding hydrogens is 354 g/mol. The first-order valence-electron chi connectivity index (χ1n) is 9.93. The minimum absolute atomic E-state index is 0.0619. The summed E-state index contributed by atoms with van der Waals surface area (Å²) in [7, 11) is 0. The van der Waals surface area contributed by atoms with E-state index in [2.05, 4.69) is 29.2 Å². The molecule has 5 rings (SSSR count). The summed E-state index contributed by atoms with van der Waals surface area (Å²) in [5, 5.41) is 0. The molecule has 0 aromatic heterocycles. The monoisotopic (exact) mass is 377 g/mol. The maximum atomic E-state index is 12.7. The summed E-state index contributed by atoms with van der Waals surface area (Å²) in [4.78, 5) is 27.7. The molecule has 28 heavy (non-hydrogen) atoms. The Morgan fingerprint density at radius 2 is 1.86 bits per heavy atom. The highest BCUT2D eigenvalue weighted by atomic mass is 16.6. The number of carbonyl (C=O) groups excluding carboxylic acids is 2. The van der Waals surface area contributed by atoms with Gasteiger partial charge in [0.1, 0.15) is 18.1 Å². The van der Waals surface area contributed by atoms with E-state index in [0.29, 0.717) is 12.0 Å². The predicted molar refractivity (Wildman–Crippen MR) is 103 cm³/mol. The molecule has 0 spiro atoms. The van der Waals surface area contributed by atoms with Crippen LogP contribution in [0.15, 0.2) is 54.6 Å². The maximum absolute atomic E-state index is 12.7. The zero-order chi connectivity index (χ0) is 19.3. The van der Waals surface area contributed by atoms with Crippen LogP contribution in [0, 0.1) is 5.92 Å². The van der Waals surface area contributed by atoms with Crippen LogP contribution in [0.5, 0.6) is 0 Å². The van der Waals surface area contributed by atoms with Gasteiger partial charge in [0.2, 0.25) is 0 Å². The van der Waals surface area contributed by atoms with E-state index in [9.17, 15) is 9.59 Å². The van der Waals surface area contributed by atoms with E-state index >= 15 is 0 Å². The fraction of sp³-hybridized carbons (Fsp3) is 0.391. The fourth-order valence-electron chi connectivity index (χ4n) is 5.17. The Balaban J connectivity index is 1.49. The van der Waals surface area contributed by atoms with Gasteiger partial charge >= 0.3 is 11.9 Å². The van der Waals surface area contributed by atoms with Crippen molar-refractivity contribution in [1.82, 2.24) is 4.90 Å². The van der Waals surface area contributed by atoms with Crippen LogP contribution in [-0.4, -0.2) is 41.6 Å². The Morgan fingerprint density at radius 3 is 2.68 bits per heavy atom. The number of benzene rings is 2. The third-order valence-electron chi connectivity index (χ3n) is 6.38. The molecule has 0 saturated carbocycles. The zero-order valence-corrected chi connectivity index (χ0v) is 15.8. The second-order valence-electron chi connectivity index (χ2n) is 7.91. The normalized spacial score (nSPS) is 31.3. The van der Waals surface area contributed by atoms with E-state index in [1.807, 2.05) is 25.1 Å². The Bertz CT molecular complexity index is 912. The minimum atomic E-state index is -0.484. The molecule has 144 valence electrons. The molecule has 1 unspecified atom stereocenters. The van der Waals surface area contributed by atoms with E-state index in [-0.39, 0.29) is 30.1 Å². The van der Waals surface area contributed by atoms with Gasteiger partial charge < -0.3 is 9.47 Å². The standard InChI is InChI=1S/C23H23NO4/c1-14-21-20(23(26)27-14)19(28-22(25)16-8-3-2-4-9-16)13-18-17-10-6-5-7-15(17)11-12-24(18)21/h2-10,14,18-21H,11-13H2,1H3/t14-,18?,19-,20-,21-/m1/s1. The van der Waals surface area contributed by atoms with E-state index in [1.165, 1.54) is 11.1 Å². The minimum Gasteiger partial charge on any atom is -0.461 e. The number of esters is 2. The third kappa shape index (κ3) is 2.73. The highest BCUT2D eigenvalue weighted by Crippen LogP contribution is 2.46. The van der Waals surface area contributed by atoms with Gasteiger partial charge in [-0.1, -0.05) is 42.5 Å². The predicted octanol–water partition coefficient (Wildman–Crippen LogP) is 3.15. The van der Waals surface area contributed by atoms with Crippen LogP contribution in [0.4, 0.5) is 0 Å². The highest BCUT2D eigenvalue weighted by molar-refractivity contribution is 5.89. The van der Waals surface area contributed by atoms with Crippen LogP contribution in [0.3, 0.4) is 0 Å². The third-order valence-corrected chi connectivity index (χ3v) is 6.38. The summed E-state index contributed by atoms with van der Waals surface area (Å²) in [5.41, 5.74) is 3.12. The summed E-state index contributed by atoms with van der Waals surface area (Å²) in [6.07, 6.45) is 0.884. The summed E-state index contributed by atoms with van der Waals surface area (Å²) >= 11 is 0. The summed E-state index contributed by atoms with van der Waals surface area (Å²) in [5.74, 6) is -1.06. The Morgan fingerprint density at radius 1 is 1.11 bits per heavy atom. The lowest BCUT2D eigenvalue weighted by Gasteiger charge is -2.48. The number of fused-ring (bicyclic) bond motifs is 5. The molecule has 5 nitrogen and oxygen atoms in total. The number of piperidine rings is 1. The molecule has 0 amide bonds. The highest BCUT2D eigenvalue weighted by Gasteiger charge is 2.57. The average molecular weight is 377 g/mol. The van der Waals surface area contributed by atoms with Gasteiger partial charge in [0.05, 0.1) is 11.6 Å². The van der Waals surface area contributed by atoms with Gasteiger partial charge in [-0.2, -0.15) is 0 Å². The van der Waals surface area contributed by atoms with Crippen molar-refractivity contribution in [3.05, 3.63) is 71.3 Å². The zero-order valence-electron chi connectivity index (χ0n) is 15.8. The van der Waals surface area contributed by atoms with Gasteiger partial charge in [-0.05, 0) is 36.6 Å². The van der Waals surface area contributed by atoms with E-state index in [4.69, 9.17) is 9.47 Å². The second-order valence-corrected chi connectivity index (χ2v) is 7.91. The van der Waals surface area contributed by atoms with Crippen molar-refractivity contribution in [1.29, 1.82) is 0 Å². The number of nitrogens with zero attached hydrogens (tertiary/aromatic N) is 1. The van der Waals surface area contributed by atoms with Crippen LogP contribution >= 0.6 is 0 Å². The first kappa shape index (κ1) is 17.4. The lowest BCUT2D eigenvalue weighted by Crippen LogP contribution is -2.57. The largest absolute Gasteiger partial charge is 0.461 e. The Hall–Kier alpha value is -2.66. The average Bonchev–Trinajstić information content (AvgIpc) is 3.03. The van der Waals surface area contributed by atoms with Crippen molar-refractivity contribution < 1.29 is 19.1 Å². The lowest BCUT2D eigenvalue weighted by molar-refractivity contribution is -0.147. The molecule has 2 aromatic carbocycles. The van der Waals surface area contributed by atoms with Crippen molar-refractivity contribution in [2.24, 2.45) is 5.92 Å². The molecule has 2 aromatic rings. The van der Waals surface area contributed by atoms with Gasteiger partial charge in [0.15, 0.2) is 0 Å². The lowest BCUT2D eigenvalue weighted by atomic mass is 9.77. The molecule has 3 aliphatic rings. The first-order chi connectivity index (χ1) is 13.6. The fourth-order valence-corrected chi connectivity index (χ4v) is 5.17. The van der Waals surface area contributed by atoms with Crippen LogP contribution in [0.1, 0.15) is 40.9 Å². The van der Waals surface area contributed by atoms with Gasteiger partial charge in [-0.25, -0.2) is 4.79 Å². The number of hydrogen-bond donors (Lipinski definition) is 0. The smallest absolute Gasteiger partial charge is 0.338 e. The quantitative estimate of drug-likeness (QED) is 0.753. The van der Waals surface area contributed by atoms with Crippen molar-refractivity contribution in [2.75, 3.05) is 6.54 Å². The van der Waals surface area contributed by atoms with Crippen molar-refractivity contribution in [3.63, 3.8) is 0 Å². The van der Waals surface area contributed by atoms with Gasteiger partial charge in [0.25, 0.3) is 0 Å². The number of carbonyl (C=O) groups is 2. The molecule has 3 aliphatic heterocycles. The van der Waals surface area contributed by atoms with E-state index in [0.717, 1.165) is 13.0 Å². The van der Waals surface area contributed by atoms with Crippen molar-refractivity contribution >= 4 is 11.9 Å². The molecule has 2 fully saturated rings. The second kappa shape index (κ2) is 6.74. The SMILES string of the molecule is C[C@H]1OC(=O)[C@H]2[C@@H]1N1CCc3ccccc3C1C[C@H]2OC(=O)c1ccccc1. The van der Waals surface area contributed by atoms with Crippen LogP contribution < -0.4 is 0 Å². The molecular formula is C23H23NO4. The summed E-state index contributed by atoms with van der Waals surface area (Å²) < 4.78 is 11.5. The number of cyclic esters (lactones) is 1.